The molecule has 0 amide bonds. The molecule has 0 saturated heterocycles. The lowest BCUT2D eigenvalue weighted by atomic mass is 9.97. The van der Waals surface area contributed by atoms with Crippen molar-refractivity contribution in [3.8, 4) is 0 Å². The zero-order valence-corrected chi connectivity index (χ0v) is 14.7. The third-order valence-electron chi connectivity index (χ3n) is 5.68. The van der Waals surface area contributed by atoms with Crippen LogP contribution < -0.4 is 10.6 Å². The Bertz CT molecular complexity index is 914. The summed E-state index contributed by atoms with van der Waals surface area (Å²) in [6.45, 7) is 0. The summed E-state index contributed by atoms with van der Waals surface area (Å²) in [6.07, 6.45) is 4.55. The van der Waals surface area contributed by atoms with Gasteiger partial charge in [0.25, 0.3) is 0 Å². The molecular weight excluding hydrogens is 323 g/mol. The van der Waals surface area contributed by atoms with Crippen molar-refractivity contribution in [2.45, 2.75) is 17.5 Å². The number of fused-ring (bicyclic) bond motifs is 5. The fourth-order valence-corrected chi connectivity index (χ4v) is 8.27. The van der Waals surface area contributed by atoms with Gasteiger partial charge in [0.1, 0.15) is 7.14 Å². The monoisotopic (exact) mass is 342 g/mol. The highest BCUT2D eigenvalue weighted by molar-refractivity contribution is 7.79. The fraction of sp³-hybridized carbons (Fsp3) is 0.130. The van der Waals surface area contributed by atoms with Gasteiger partial charge in [-0.3, -0.25) is 0 Å². The zero-order chi connectivity index (χ0) is 16.9. The maximum Gasteiger partial charge on any atom is 0.147 e. The van der Waals surface area contributed by atoms with Gasteiger partial charge in [-0.2, -0.15) is 0 Å². The molecule has 0 N–H and O–H groups in total. The first-order valence-corrected chi connectivity index (χ1v) is 10.6. The van der Waals surface area contributed by atoms with Gasteiger partial charge >= 0.3 is 0 Å². The van der Waals surface area contributed by atoms with Crippen LogP contribution in [-0.4, -0.2) is 5.66 Å². The molecule has 3 atom stereocenters. The van der Waals surface area contributed by atoms with E-state index in [1.165, 1.54) is 11.1 Å². The maximum atomic E-state index is 14.7. The number of rotatable bonds is 3. The van der Waals surface area contributed by atoms with Gasteiger partial charge in [-0.15, -0.1) is 0 Å². The number of hydrogen-bond donors (Lipinski definition) is 0. The Hall–Kier alpha value is -2.37. The summed E-state index contributed by atoms with van der Waals surface area (Å²) in [5.41, 5.74) is 2.80. The van der Waals surface area contributed by atoms with Crippen molar-refractivity contribution < 1.29 is 4.57 Å². The lowest BCUT2D eigenvalue weighted by Gasteiger charge is -2.29. The molecule has 3 aromatic rings. The minimum absolute atomic E-state index is 0.0923. The summed E-state index contributed by atoms with van der Waals surface area (Å²) in [5.74, 6) is 0.486. The molecule has 0 heterocycles. The standard InChI is InChI=1S/C23H19OP/c24-25(17-9-3-1-4-10-17,18-11-5-2-6-12-18)23-21-15-16-22(23)20-14-8-7-13-19(20)21/h1-16,21-23H/t21-,22+,23?. The second-order valence-corrected chi connectivity index (χ2v) is 9.83. The lowest BCUT2D eigenvalue weighted by molar-refractivity contribution is 0.573. The molecule has 0 aromatic heterocycles. The van der Waals surface area contributed by atoms with Crippen LogP contribution in [0, 0.1) is 0 Å². The van der Waals surface area contributed by atoms with E-state index < -0.39 is 7.14 Å². The van der Waals surface area contributed by atoms with Gasteiger partial charge < -0.3 is 4.57 Å². The molecule has 3 aromatic carbocycles. The first-order chi connectivity index (χ1) is 12.3. The van der Waals surface area contributed by atoms with E-state index >= 15 is 0 Å². The topological polar surface area (TPSA) is 17.1 Å². The molecule has 2 aliphatic carbocycles. The molecule has 0 radical (unpaired) electrons. The minimum Gasteiger partial charge on any atom is -0.313 e. The number of hydrogen-bond acceptors (Lipinski definition) is 1. The van der Waals surface area contributed by atoms with E-state index in [0.717, 1.165) is 10.6 Å². The third-order valence-corrected chi connectivity index (χ3v) is 9.29. The van der Waals surface area contributed by atoms with Crippen molar-refractivity contribution in [3.05, 3.63) is 108 Å². The second kappa shape index (κ2) is 5.58. The van der Waals surface area contributed by atoms with Gasteiger partial charge in [0.2, 0.25) is 0 Å². The van der Waals surface area contributed by atoms with Gasteiger partial charge in [-0.1, -0.05) is 97.1 Å². The average Bonchev–Trinajstić information content (AvgIpc) is 3.27. The lowest BCUT2D eigenvalue weighted by Crippen LogP contribution is -2.28. The minimum atomic E-state index is -2.77. The highest BCUT2D eigenvalue weighted by Gasteiger charge is 2.52. The molecule has 0 saturated carbocycles. The molecule has 2 aliphatic rings. The Balaban J connectivity index is 1.73. The summed E-state index contributed by atoms with van der Waals surface area (Å²) in [4.78, 5) is 0. The Kier molecular flexibility index (Phi) is 3.33. The predicted molar refractivity (Wildman–Crippen MR) is 105 cm³/mol. The van der Waals surface area contributed by atoms with E-state index in [9.17, 15) is 4.57 Å². The number of benzene rings is 3. The Labute approximate surface area is 148 Å². The quantitative estimate of drug-likeness (QED) is 0.493. The van der Waals surface area contributed by atoms with E-state index in [0.29, 0.717) is 0 Å². The second-order valence-electron chi connectivity index (χ2n) is 6.89. The molecular formula is C23H19OP. The molecule has 2 heteroatoms. The van der Waals surface area contributed by atoms with Gasteiger partial charge in [-0.25, -0.2) is 0 Å². The van der Waals surface area contributed by atoms with Gasteiger partial charge in [-0.05, 0) is 11.1 Å². The van der Waals surface area contributed by atoms with Gasteiger partial charge in [0, 0.05) is 28.1 Å². The molecule has 1 nitrogen and oxygen atoms in total. The van der Waals surface area contributed by atoms with Crippen LogP contribution in [0.4, 0.5) is 0 Å². The van der Waals surface area contributed by atoms with Crippen LogP contribution in [0.1, 0.15) is 23.0 Å². The summed E-state index contributed by atoms with van der Waals surface area (Å²) < 4.78 is 14.7. The summed E-state index contributed by atoms with van der Waals surface area (Å²) in [5, 5.41) is 1.94. The smallest absolute Gasteiger partial charge is 0.147 e. The van der Waals surface area contributed by atoms with Gasteiger partial charge in [0.15, 0.2) is 0 Å². The van der Waals surface area contributed by atoms with Crippen LogP contribution in [0.25, 0.3) is 0 Å². The molecule has 0 aliphatic heterocycles. The van der Waals surface area contributed by atoms with E-state index in [2.05, 4.69) is 36.4 Å². The van der Waals surface area contributed by atoms with Crippen molar-refractivity contribution >= 4 is 17.8 Å². The van der Waals surface area contributed by atoms with Crippen LogP contribution >= 0.6 is 7.14 Å². The van der Waals surface area contributed by atoms with Crippen LogP contribution in [-0.2, 0) is 4.57 Å². The first-order valence-electron chi connectivity index (χ1n) is 8.78. The Morgan fingerprint density at radius 2 is 0.960 bits per heavy atom. The van der Waals surface area contributed by atoms with E-state index in [1.807, 2.05) is 60.7 Å². The molecule has 5 rings (SSSR count). The van der Waals surface area contributed by atoms with Crippen molar-refractivity contribution in [1.29, 1.82) is 0 Å². The molecule has 122 valence electrons. The van der Waals surface area contributed by atoms with E-state index in [1.54, 1.807) is 0 Å². The summed E-state index contributed by atoms with van der Waals surface area (Å²) in [7, 11) is -2.77. The predicted octanol–water partition coefficient (Wildman–Crippen LogP) is 4.82. The highest BCUT2D eigenvalue weighted by atomic mass is 31.2. The Morgan fingerprint density at radius 1 is 0.560 bits per heavy atom. The average molecular weight is 342 g/mol. The molecule has 25 heavy (non-hydrogen) atoms. The Morgan fingerprint density at radius 3 is 1.40 bits per heavy atom. The molecule has 1 unspecified atom stereocenters. The van der Waals surface area contributed by atoms with Crippen LogP contribution in [0.15, 0.2) is 97.1 Å². The van der Waals surface area contributed by atoms with Crippen molar-refractivity contribution in [2.75, 3.05) is 0 Å². The molecule has 2 bridgehead atoms. The highest BCUT2D eigenvalue weighted by Crippen LogP contribution is 2.65. The fourth-order valence-electron chi connectivity index (χ4n) is 4.63. The first kappa shape index (κ1) is 14.9. The van der Waals surface area contributed by atoms with E-state index in [-0.39, 0.29) is 17.5 Å². The maximum absolute atomic E-state index is 14.7. The number of allylic oxidation sites excluding steroid dienone is 2. The summed E-state index contributed by atoms with van der Waals surface area (Å²) >= 11 is 0. The molecule has 0 fully saturated rings. The third kappa shape index (κ3) is 2.06. The summed E-state index contributed by atoms with van der Waals surface area (Å²) in [6, 6.07) is 28.8. The van der Waals surface area contributed by atoms with Crippen LogP contribution in [0.2, 0.25) is 0 Å². The zero-order valence-electron chi connectivity index (χ0n) is 13.8. The van der Waals surface area contributed by atoms with Crippen molar-refractivity contribution in [3.63, 3.8) is 0 Å². The van der Waals surface area contributed by atoms with Crippen LogP contribution in [0.5, 0.6) is 0 Å². The van der Waals surface area contributed by atoms with Crippen LogP contribution in [0.3, 0.4) is 0 Å². The van der Waals surface area contributed by atoms with Crippen molar-refractivity contribution in [2.24, 2.45) is 0 Å². The molecule has 0 spiro atoms. The van der Waals surface area contributed by atoms with Crippen molar-refractivity contribution in [1.82, 2.24) is 0 Å². The normalized spacial score (nSPS) is 23.6. The van der Waals surface area contributed by atoms with Gasteiger partial charge in [0.05, 0.1) is 0 Å². The van der Waals surface area contributed by atoms with E-state index in [4.69, 9.17) is 0 Å². The largest absolute Gasteiger partial charge is 0.313 e. The SMILES string of the molecule is O=P(c1ccccc1)(c1ccccc1)C1[C@@H]2C=C[C@H]1c1ccccc12.